The number of esters is 1. The minimum Gasteiger partial charge on any atom is -0.425 e. The maximum atomic E-state index is 13.8. The SMILES string of the molecule is CCCCP(=O)(O)[C@H](F)CCNC(=O)O[C@H](OC(=O)C(C)C)C(C)C. The molecule has 0 saturated carbocycles. The van der Waals surface area contributed by atoms with Crippen LogP contribution in [0.3, 0.4) is 0 Å². The first-order chi connectivity index (χ1) is 11.5. The first-order valence-electron chi connectivity index (χ1n) is 8.61. The van der Waals surface area contributed by atoms with Crippen LogP contribution in [0.2, 0.25) is 0 Å². The van der Waals surface area contributed by atoms with Crippen LogP contribution in [0.1, 0.15) is 53.9 Å². The fourth-order valence-corrected chi connectivity index (χ4v) is 3.30. The van der Waals surface area contributed by atoms with Gasteiger partial charge in [0.25, 0.3) is 6.29 Å². The van der Waals surface area contributed by atoms with Crippen molar-refractivity contribution in [1.82, 2.24) is 5.32 Å². The van der Waals surface area contributed by atoms with Gasteiger partial charge in [-0.05, 0) is 6.42 Å². The molecule has 148 valence electrons. The van der Waals surface area contributed by atoms with Crippen molar-refractivity contribution in [1.29, 1.82) is 0 Å². The van der Waals surface area contributed by atoms with Gasteiger partial charge >= 0.3 is 12.1 Å². The first-order valence-corrected chi connectivity index (χ1v) is 10.5. The molecule has 3 atom stereocenters. The van der Waals surface area contributed by atoms with Gasteiger partial charge in [0.05, 0.1) is 5.92 Å². The number of nitrogens with one attached hydrogen (secondary N) is 1. The number of unbranched alkanes of at least 4 members (excludes halogenated alkanes) is 1. The fraction of sp³-hybridized carbons (Fsp3) is 0.875. The maximum absolute atomic E-state index is 13.8. The van der Waals surface area contributed by atoms with E-state index in [4.69, 9.17) is 9.47 Å². The molecule has 2 N–H and O–H groups in total. The van der Waals surface area contributed by atoms with E-state index in [1.807, 2.05) is 6.92 Å². The number of halogens is 1. The third kappa shape index (κ3) is 9.80. The molecule has 0 aliphatic rings. The van der Waals surface area contributed by atoms with E-state index in [9.17, 15) is 23.4 Å². The highest BCUT2D eigenvalue weighted by Crippen LogP contribution is 2.49. The summed E-state index contributed by atoms with van der Waals surface area (Å²) in [7, 11) is -3.86. The van der Waals surface area contributed by atoms with Crippen molar-refractivity contribution >= 4 is 19.4 Å². The summed E-state index contributed by atoms with van der Waals surface area (Å²) >= 11 is 0. The van der Waals surface area contributed by atoms with Gasteiger partial charge in [-0.15, -0.1) is 0 Å². The van der Waals surface area contributed by atoms with Crippen LogP contribution < -0.4 is 5.32 Å². The van der Waals surface area contributed by atoms with Gasteiger partial charge in [0, 0.05) is 25.0 Å². The molecule has 0 spiro atoms. The molecule has 1 amide bonds. The van der Waals surface area contributed by atoms with Gasteiger partial charge in [-0.25, -0.2) is 9.18 Å². The zero-order valence-electron chi connectivity index (χ0n) is 15.7. The van der Waals surface area contributed by atoms with E-state index in [2.05, 4.69) is 5.32 Å². The zero-order chi connectivity index (χ0) is 19.6. The summed E-state index contributed by atoms with van der Waals surface area (Å²) in [6.07, 6.45) is -1.11. The summed E-state index contributed by atoms with van der Waals surface area (Å²) in [5.41, 5.74) is 0. The van der Waals surface area contributed by atoms with Crippen molar-refractivity contribution in [2.45, 2.75) is 66.1 Å². The van der Waals surface area contributed by atoms with Crippen LogP contribution in [0.25, 0.3) is 0 Å². The number of carbonyl (C=O) groups excluding carboxylic acids is 2. The Morgan fingerprint density at radius 2 is 1.80 bits per heavy atom. The van der Waals surface area contributed by atoms with Gasteiger partial charge in [0.2, 0.25) is 7.37 Å². The lowest BCUT2D eigenvalue weighted by atomic mass is 10.2. The molecule has 0 radical (unpaired) electrons. The molecule has 0 fully saturated rings. The van der Waals surface area contributed by atoms with E-state index < -0.39 is 31.6 Å². The summed E-state index contributed by atoms with van der Waals surface area (Å²) in [4.78, 5) is 33.0. The summed E-state index contributed by atoms with van der Waals surface area (Å²) in [6, 6.07) is 0. The number of carbonyl (C=O) groups is 2. The Hall–Kier alpha value is -1.14. The maximum Gasteiger partial charge on any atom is 0.410 e. The number of alkyl halides is 1. The van der Waals surface area contributed by atoms with Crippen molar-refractivity contribution in [3.05, 3.63) is 0 Å². The third-order valence-electron chi connectivity index (χ3n) is 3.39. The summed E-state index contributed by atoms with van der Waals surface area (Å²) in [5.74, 6) is -3.00. The fourth-order valence-electron chi connectivity index (χ4n) is 1.71. The molecule has 0 heterocycles. The highest BCUT2D eigenvalue weighted by molar-refractivity contribution is 7.58. The highest BCUT2D eigenvalue weighted by atomic mass is 31.2. The molecule has 9 heteroatoms. The minimum absolute atomic E-state index is 0.0737. The van der Waals surface area contributed by atoms with Gasteiger partial charge < -0.3 is 19.7 Å². The van der Waals surface area contributed by atoms with Gasteiger partial charge in [-0.3, -0.25) is 9.36 Å². The molecule has 0 aliphatic carbocycles. The smallest absolute Gasteiger partial charge is 0.410 e. The number of rotatable bonds is 11. The average molecular weight is 383 g/mol. The number of amides is 1. The molecular weight excluding hydrogens is 352 g/mol. The number of hydrogen-bond donors (Lipinski definition) is 2. The van der Waals surface area contributed by atoms with E-state index in [-0.39, 0.29) is 31.0 Å². The van der Waals surface area contributed by atoms with Gasteiger partial charge in [-0.2, -0.15) is 0 Å². The normalized spacial score (nSPS) is 16.2. The van der Waals surface area contributed by atoms with Crippen LogP contribution in [-0.4, -0.2) is 41.9 Å². The summed E-state index contributed by atoms with van der Waals surface area (Å²) in [6.45, 7) is 8.46. The second-order valence-electron chi connectivity index (χ2n) is 6.59. The van der Waals surface area contributed by atoms with Crippen molar-refractivity contribution in [3.8, 4) is 0 Å². The van der Waals surface area contributed by atoms with Gasteiger partial charge in [0.15, 0.2) is 5.91 Å². The predicted octanol–water partition coefficient (Wildman–Crippen LogP) is 3.65. The van der Waals surface area contributed by atoms with Crippen LogP contribution in [0, 0.1) is 11.8 Å². The number of alkyl carbamates (subject to hydrolysis) is 1. The molecule has 25 heavy (non-hydrogen) atoms. The van der Waals surface area contributed by atoms with Crippen LogP contribution in [0.4, 0.5) is 9.18 Å². The molecule has 1 unspecified atom stereocenters. The molecule has 7 nitrogen and oxygen atoms in total. The van der Waals surface area contributed by atoms with E-state index in [0.29, 0.717) is 12.8 Å². The number of ether oxygens (including phenoxy) is 2. The molecule has 0 saturated heterocycles. The molecule has 0 rings (SSSR count). The van der Waals surface area contributed by atoms with Crippen LogP contribution in [0.15, 0.2) is 0 Å². The summed E-state index contributed by atoms with van der Waals surface area (Å²) < 4.78 is 35.7. The molecule has 0 bridgehead atoms. The Balaban J connectivity index is 4.36. The van der Waals surface area contributed by atoms with Crippen molar-refractivity contribution in [3.63, 3.8) is 0 Å². The van der Waals surface area contributed by atoms with Crippen LogP contribution >= 0.6 is 7.37 Å². The van der Waals surface area contributed by atoms with Crippen molar-refractivity contribution < 1.29 is 32.9 Å². The largest absolute Gasteiger partial charge is 0.425 e. The monoisotopic (exact) mass is 383 g/mol. The predicted molar refractivity (Wildman–Crippen MR) is 93.2 cm³/mol. The highest BCUT2D eigenvalue weighted by Gasteiger charge is 2.30. The Labute approximate surface area is 149 Å². The van der Waals surface area contributed by atoms with Crippen molar-refractivity contribution in [2.24, 2.45) is 11.8 Å². The molecule has 0 aromatic rings. The topological polar surface area (TPSA) is 102 Å². The van der Waals surface area contributed by atoms with E-state index >= 15 is 0 Å². The molecule has 0 aliphatic heterocycles. The van der Waals surface area contributed by atoms with E-state index in [0.717, 1.165) is 0 Å². The zero-order valence-corrected chi connectivity index (χ0v) is 16.6. The molecule has 0 aromatic carbocycles. The Bertz CT molecular complexity index is 472. The third-order valence-corrected chi connectivity index (χ3v) is 5.48. The van der Waals surface area contributed by atoms with Crippen LogP contribution in [0.5, 0.6) is 0 Å². The van der Waals surface area contributed by atoms with E-state index in [1.54, 1.807) is 27.7 Å². The first kappa shape index (κ1) is 23.9. The van der Waals surface area contributed by atoms with Crippen molar-refractivity contribution in [2.75, 3.05) is 12.7 Å². The second-order valence-corrected chi connectivity index (χ2v) is 9.11. The minimum atomic E-state index is -3.86. The summed E-state index contributed by atoms with van der Waals surface area (Å²) in [5, 5.41) is 2.30. The van der Waals surface area contributed by atoms with E-state index in [1.165, 1.54) is 0 Å². The Kier molecular flexibility index (Phi) is 10.9. The molecule has 0 aromatic heterocycles. The second kappa shape index (κ2) is 11.5. The number of hydrogen-bond acceptors (Lipinski definition) is 5. The lowest BCUT2D eigenvalue weighted by Crippen LogP contribution is -2.36. The Morgan fingerprint density at radius 3 is 2.28 bits per heavy atom. The lowest BCUT2D eigenvalue weighted by Gasteiger charge is -2.22. The lowest BCUT2D eigenvalue weighted by molar-refractivity contribution is -0.178. The molecular formula is C16H31FNO6P. The van der Waals surface area contributed by atoms with Crippen LogP contribution in [-0.2, 0) is 18.8 Å². The van der Waals surface area contributed by atoms with Gasteiger partial charge in [-0.1, -0.05) is 41.0 Å². The Morgan fingerprint density at radius 1 is 1.20 bits per heavy atom. The quantitative estimate of drug-likeness (QED) is 0.321. The van der Waals surface area contributed by atoms with Gasteiger partial charge in [0.1, 0.15) is 0 Å². The standard InChI is InChI=1S/C16H31FNO6P/c1-6-7-10-25(21,22)13(17)8-9-18-16(20)24-15(12(4)5)23-14(19)11(2)3/h11-13,15H,6-10H2,1-5H3,(H,18,20)(H,21,22)/t13-,15-/m0/s1. The average Bonchev–Trinajstić information content (AvgIpc) is 2.51.